The van der Waals surface area contributed by atoms with Gasteiger partial charge in [-0.05, 0) is 17.8 Å². The zero-order valence-corrected chi connectivity index (χ0v) is 7.99. The molecule has 1 heterocycles. The lowest BCUT2D eigenvalue weighted by Crippen LogP contribution is -2.24. The van der Waals surface area contributed by atoms with E-state index in [0.29, 0.717) is 24.4 Å². The highest BCUT2D eigenvalue weighted by atomic mass is 17.1. The van der Waals surface area contributed by atoms with Crippen molar-refractivity contribution < 1.29 is 14.9 Å². The summed E-state index contributed by atoms with van der Waals surface area (Å²) in [6.07, 6.45) is 0.0717. The normalized spacial score (nSPS) is 36.2. The van der Waals surface area contributed by atoms with Crippen LogP contribution in [0.25, 0.3) is 0 Å². The van der Waals surface area contributed by atoms with Gasteiger partial charge in [-0.1, -0.05) is 20.8 Å². The second-order valence-corrected chi connectivity index (χ2v) is 3.93. The molecule has 3 heteroatoms. The highest BCUT2D eigenvalue weighted by molar-refractivity contribution is 4.82. The Bertz CT molecular complexity index is 136. The molecule has 3 atom stereocenters. The van der Waals surface area contributed by atoms with Crippen LogP contribution in [-0.4, -0.2) is 24.6 Å². The molecule has 0 saturated carbocycles. The van der Waals surface area contributed by atoms with E-state index >= 15 is 0 Å². The van der Waals surface area contributed by atoms with Gasteiger partial charge in [-0.3, -0.25) is 5.26 Å². The van der Waals surface area contributed by atoms with Gasteiger partial charge in [0.2, 0.25) is 0 Å². The van der Waals surface area contributed by atoms with E-state index in [-0.39, 0.29) is 6.10 Å². The summed E-state index contributed by atoms with van der Waals surface area (Å²) < 4.78 is 5.49. The number of hydrogen-bond donors (Lipinski definition) is 1. The molecule has 12 heavy (non-hydrogen) atoms. The third kappa shape index (κ3) is 1.97. The number of hydrogen-bond acceptors (Lipinski definition) is 3. The lowest BCUT2D eigenvalue weighted by Gasteiger charge is -2.19. The molecule has 0 bridgehead atoms. The highest BCUT2D eigenvalue weighted by Gasteiger charge is 2.35. The molecule has 0 aromatic heterocycles. The van der Waals surface area contributed by atoms with Gasteiger partial charge in [0.15, 0.2) is 0 Å². The van der Waals surface area contributed by atoms with Crippen LogP contribution in [0.3, 0.4) is 0 Å². The first kappa shape index (κ1) is 9.96. The van der Waals surface area contributed by atoms with Gasteiger partial charge in [-0.25, -0.2) is 4.89 Å². The minimum absolute atomic E-state index is 0.0717. The van der Waals surface area contributed by atoms with Crippen LogP contribution in [-0.2, 0) is 9.62 Å². The third-order valence-corrected chi connectivity index (χ3v) is 2.86. The van der Waals surface area contributed by atoms with Crippen molar-refractivity contribution in [2.75, 3.05) is 13.2 Å². The molecule has 0 spiro atoms. The lowest BCUT2D eigenvalue weighted by molar-refractivity contribution is -0.259. The summed E-state index contributed by atoms with van der Waals surface area (Å²) in [7, 11) is 0. The first-order chi connectivity index (χ1) is 5.66. The quantitative estimate of drug-likeness (QED) is 0.523. The van der Waals surface area contributed by atoms with Crippen molar-refractivity contribution in [1.82, 2.24) is 0 Å². The van der Waals surface area contributed by atoms with Crippen LogP contribution < -0.4 is 0 Å². The molecule has 1 N–H and O–H groups in total. The van der Waals surface area contributed by atoms with Crippen LogP contribution in [0.4, 0.5) is 0 Å². The zero-order valence-electron chi connectivity index (χ0n) is 7.99. The van der Waals surface area contributed by atoms with Crippen LogP contribution in [0.2, 0.25) is 0 Å². The first-order valence-corrected chi connectivity index (χ1v) is 4.54. The van der Waals surface area contributed by atoms with Crippen LogP contribution in [0.5, 0.6) is 0 Å². The van der Waals surface area contributed by atoms with Crippen molar-refractivity contribution in [3.63, 3.8) is 0 Å². The molecule has 1 fully saturated rings. The van der Waals surface area contributed by atoms with E-state index in [1.807, 2.05) is 0 Å². The van der Waals surface area contributed by atoms with Gasteiger partial charge >= 0.3 is 0 Å². The third-order valence-electron chi connectivity index (χ3n) is 2.86. The fourth-order valence-corrected chi connectivity index (χ4v) is 1.89. The van der Waals surface area contributed by atoms with E-state index in [9.17, 15) is 0 Å². The van der Waals surface area contributed by atoms with E-state index < -0.39 is 0 Å². The number of rotatable bonds is 3. The van der Waals surface area contributed by atoms with Crippen molar-refractivity contribution in [2.24, 2.45) is 17.8 Å². The van der Waals surface area contributed by atoms with Crippen molar-refractivity contribution >= 4 is 0 Å². The molecule has 1 rings (SSSR count). The molecule has 1 aliphatic rings. The average Bonchev–Trinajstić information content (AvgIpc) is 2.34. The molecule has 0 aliphatic carbocycles. The monoisotopic (exact) mass is 174 g/mol. The second kappa shape index (κ2) is 4.21. The Morgan fingerprint density at radius 3 is 2.67 bits per heavy atom. The minimum Gasteiger partial charge on any atom is -0.375 e. The van der Waals surface area contributed by atoms with Crippen LogP contribution in [0.1, 0.15) is 20.8 Å². The topological polar surface area (TPSA) is 38.7 Å². The Morgan fingerprint density at radius 1 is 1.58 bits per heavy atom. The molecule has 1 aliphatic heterocycles. The predicted molar refractivity (Wildman–Crippen MR) is 45.8 cm³/mol. The van der Waals surface area contributed by atoms with Gasteiger partial charge in [0.25, 0.3) is 0 Å². The SMILES string of the molecule is CC(C)[C@H]1CO[C@H](COO)[C@H]1C. The van der Waals surface area contributed by atoms with Gasteiger partial charge in [0, 0.05) is 0 Å². The van der Waals surface area contributed by atoms with Gasteiger partial charge in [-0.15, -0.1) is 0 Å². The zero-order chi connectivity index (χ0) is 9.14. The van der Waals surface area contributed by atoms with Crippen molar-refractivity contribution in [3.8, 4) is 0 Å². The summed E-state index contributed by atoms with van der Waals surface area (Å²) in [5.41, 5.74) is 0. The maximum absolute atomic E-state index is 8.29. The van der Waals surface area contributed by atoms with E-state index in [2.05, 4.69) is 25.7 Å². The molecule has 0 amide bonds. The summed E-state index contributed by atoms with van der Waals surface area (Å²) in [6, 6.07) is 0. The van der Waals surface area contributed by atoms with E-state index in [1.54, 1.807) is 0 Å². The van der Waals surface area contributed by atoms with Gasteiger partial charge in [0.1, 0.15) is 6.61 Å². The smallest absolute Gasteiger partial charge is 0.108 e. The molecule has 0 aromatic rings. The molecule has 72 valence electrons. The average molecular weight is 174 g/mol. The largest absolute Gasteiger partial charge is 0.375 e. The molecule has 0 unspecified atom stereocenters. The standard InChI is InChI=1S/C9H18O3/c1-6(2)8-4-11-9(5-12-10)7(8)3/h6-10H,4-5H2,1-3H3/t7-,8+,9+/m0/s1. The maximum Gasteiger partial charge on any atom is 0.108 e. The van der Waals surface area contributed by atoms with Crippen LogP contribution in [0.15, 0.2) is 0 Å². The Kier molecular flexibility index (Phi) is 3.50. The lowest BCUT2D eigenvalue weighted by atomic mass is 9.84. The number of ether oxygens (including phenoxy) is 1. The van der Waals surface area contributed by atoms with Crippen LogP contribution >= 0.6 is 0 Å². The first-order valence-electron chi connectivity index (χ1n) is 4.54. The van der Waals surface area contributed by atoms with Crippen LogP contribution in [0, 0.1) is 17.8 Å². The Labute approximate surface area is 73.6 Å². The molecule has 1 saturated heterocycles. The summed E-state index contributed by atoms with van der Waals surface area (Å²) in [4.78, 5) is 4.10. The Hall–Kier alpha value is -0.120. The summed E-state index contributed by atoms with van der Waals surface area (Å²) in [6.45, 7) is 7.65. The fraction of sp³-hybridized carbons (Fsp3) is 1.00. The fourth-order valence-electron chi connectivity index (χ4n) is 1.89. The molecule has 3 nitrogen and oxygen atoms in total. The van der Waals surface area contributed by atoms with Crippen molar-refractivity contribution in [3.05, 3.63) is 0 Å². The maximum atomic E-state index is 8.29. The highest BCUT2D eigenvalue weighted by Crippen LogP contribution is 2.32. The molecule has 0 radical (unpaired) electrons. The van der Waals surface area contributed by atoms with Gasteiger partial charge < -0.3 is 4.74 Å². The van der Waals surface area contributed by atoms with E-state index in [1.165, 1.54) is 0 Å². The Morgan fingerprint density at radius 2 is 2.25 bits per heavy atom. The molecular weight excluding hydrogens is 156 g/mol. The minimum atomic E-state index is 0.0717. The van der Waals surface area contributed by atoms with E-state index in [4.69, 9.17) is 9.99 Å². The summed E-state index contributed by atoms with van der Waals surface area (Å²) in [5, 5.41) is 8.29. The Balaban J connectivity index is 2.43. The van der Waals surface area contributed by atoms with E-state index in [0.717, 1.165) is 6.61 Å². The summed E-state index contributed by atoms with van der Waals surface area (Å²) in [5.74, 6) is 1.73. The molecular formula is C9H18O3. The second-order valence-electron chi connectivity index (χ2n) is 3.93. The molecule has 0 aromatic carbocycles. The summed E-state index contributed by atoms with van der Waals surface area (Å²) >= 11 is 0. The van der Waals surface area contributed by atoms with Crippen molar-refractivity contribution in [1.29, 1.82) is 0 Å². The predicted octanol–water partition coefficient (Wildman–Crippen LogP) is 1.78. The van der Waals surface area contributed by atoms with Gasteiger partial charge in [-0.2, -0.15) is 0 Å². The van der Waals surface area contributed by atoms with Crippen molar-refractivity contribution in [2.45, 2.75) is 26.9 Å². The van der Waals surface area contributed by atoms with Gasteiger partial charge in [0.05, 0.1) is 12.7 Å².